The molecule has 2 amide bonds. The van der Waals surface area contributed by atoms with Gasteiger partial charge in [-0.2, -0.15) is 0 Å². The van der Waals surface area contributed by atoms with Gasteiger partial charge in [0.1, 0.15) is 0 Å². The largest absolute Gasteiger partial charge is 0.352 e. The fourth-order valence-corrected chi connectivity index (χ4v) is 15.7. The molecule has 0 atom stereocenters. The predicted octanol–water partition coefficient (Wildman–Crippen LogP) is 8.19. The first-order valence-electron chi connectivity index (χ1n) is 18.2. The van der Waals surface area contributed by atoms with E-state index in [-0.39, 0.29) is 11.8 Å². The average Bonchev–Trinajstić information content (AvgIpc) is 3.19. The summed E-state index contributed by atoms with van der Waals surface area (Å²) in [5.41, 5.74) is 3.71. The molecule has 6 heteroatoms. The number of carbonyl (C=O) groups excluding carboxylic acids is 2. The Labute approximate surface area is 312 Å². The summed E-state index contributed by atoms with van der Waals surface area (Å²) >= 11 is 0. The first kappa shape index (κ1) is 38.6. The van der Waals surface area contributed by atoms with Crippen LogP contribution in [0.1, 0.15) is 37.8 Å². The molecule has 5 aromatic carbocycles. The van der Waals surface area contributed by atoms with E-state index >= 15 is 0 Å². The maximum atomic E-state index is 12.3. The van der Waals surface area contributed by atoms with E-state index < -0.39 is 14.5 Å². The molecule has 0 spiro atoms. The lowest BCUT2D eigenvalue weighted by molar-refractivity contribution is -0.118. The molecule has 0 fully saturated rings. The zero-order chi connectivity index (χ0) is 36.8. The van der Waals surface area contributed by atoms with Gasteiger partial charge in [-0.15, -0.1) is 0 Å². The Hall–Kier alpha value is -4.62. The Kier molecular flexibility index (Phi) is 13.9. The summed E-state index contributed by atoms with van der Waals surface area (Å²) in [7, 11) is -3.80. The average molecular weight is 727 g/mol. The van der Waals surface area contributed by atoms with Crippen molar-refractivity contribution < 1.29 is 9.59 Å². The van der Waals surface area contributed by atoms with Gasteiger partial charge < -0.3 is 10.6 Å². The highest BCUT2D eigenvalue weighted by Crippen LogP contribution is 2.61. The van der Waals surface area contributed by atoms with E-state index in [1.807, 2.05) is 0 Å². The van der Waals surface area contributed by atoms with Crippen molar-refractivity contribution in [3.63, 3.8) is 0 Å². The minimum atomic E-state index is -1.90. The lowest BCUT2D eigenvalue weighted by Crippen LogP contribution is -2.30. The van der Waals surface area contributed by atoms with Gasteiger partial charge in [-0.05, 0) is 86.3 Å². The number of carbonyl (C=O) groups is 2. The Bertz CT molecular complexity index is 1690. The monoisotopic (exact) mass is 726 g/mol. The van der Waals surface area contributed by atoms with Gasteiger partial charge in [-0.3, -0.25) is 9.59 Å². The van der Waals surface area contributed by atoms with Crippen LogP contribution < -0.4 is 31.9 Å². The molecule has 5 aromatic rings. The Morgan fingerprint density at radius 3 is 0.981 bits per heavy atom. The number of nitrogens with one attached hydrogen (secondary N) is 2. The van der Waals surface area contributed by atoms with Crippen LogP contribution >= 0.6 is 14.5 Å². The number of hydrogen-bond acceptors (Lipinski definition) is 2. The van der Waals surface area contributed by atoms with Crippen molar-refractivity contribution in [2.75, 3.05) is 25.4 Å². The number of rotatable bonds is 18. The molecule has 0 saturated carbocycles. The molecule has 0 aliphatic heterocycles. The second-order valence-electron chi connectivity index (χ2n) is 13.6. The van der Waals surface area contributed by atoms with E-state index in [4.69, 9.17) is 0 Å². The normalized spacial score (nSPS) is 11.4. The predicted molar refractivity (Wildman–Crippen MR) is 227 cm³/mol. The molecule has 5 rings (SSSR count). The fourth-order valence-electron chi connectivity index (χ4n) is 6.97. The van der Waals surface area contributed by atoms with Gasteiger partial charge in [0.25, 0.3) is 0 Å². The van der Waals surface area contributed by atoms with Gasteiger partial charge in [0, 0.05) is 24.2 Å². The van der Waals surface area contributed by atoms with Gasteiger partial charge in [0.05, 0.1) is 60.4 Å². The van der Waals surface area contributed by atoms with E-state index in [0.29, 0.717) is 24.2 Å². The summed E-state index contributed by atoms with van der Waals surface area (Å²) in [4.78, 5) is 24.6. The summed E-state index contributed by atoms with van der Waals surface area (Å²) in [6, 6.07) is 53.3. The second-order valence-corrected chi connectivity index (χ2v) is 21.1. The van der Waals surface area contributed by atoms with E-state index in [2.05, 4.69) is 169 Å². The standard InChI is InChI=1S/C46H50N2O2P2/c1-37(2)45(49)47-31-17-33-51(41-19-9-5-10-20-41,42-21-11-6-12-22-42)35-39-27-29-40(30-28-39)36-52(43-23-13-7-14-24-43,44-25-15-8-16-26-44)34-18-32-48-46(50)38(3)4/h5-16,19-30H,1,3,17-18,31-36H2,2,4H3/p+2. The minimum Gasteiger partial charge on any atom is -0.352 e. The molecular formula is C46H52N2O2P2+2. The van der Waals surface area contributed by atoms with Crippen molar-refractivity contribution >= 4 is 47.6 Å². The summed E-state index contributed by atoms with van der Waals surface area (Å²) < 4.78 is 0. The Morgan fingerprint density at radius 2 is 0.731 bits per heavy atom. The maximum absolute atomic E-state index is 12.3. The maximum Gasteiger partial charge on any atom is 0.246 e. The zero-order valence-electron chi connectivity index (χ0n) is 30.6. The summed E-state index contributed by atoms with van der Waals surface area (Å²) in [5, 5.41) is 11.7. The first-order valence-corrected chi connectivity index (χ1v) is 22.5. The topological polar surface area (TPSA) is 58.2 Å². The lowest BCUT2D eigenvalue weighted by atomic mass is 10.2. The molecule has 266 valence electrons. The van der Waals surface area contributed by atoms with Gasteiger partial charge in [0.15, 0.2) is 0 Å². The van der Waals surface area contributed by atoms with Crippen molar-refractivity contribution in [2.45, 2.75) is 39.0 Å². The molecule has 0 aliphatic carbocycles. The van der Waals surface area contributed by atoms with Gasteiger partial charge in [-0.25, -0.2) is 0 Å². The van der Waals surface area contributed by atoms with Gasteiger partial charge in [0.2, 0.25) is 11.8 Å². The van der Waals surface area contributed by atoms with Crippen LogP contribution in [0.3, 0.4) is 0 Å². The zero-order valence-corrected chi connectivity index (χ0v) is 32.4. The third-order valence-electron chi connectivity index (χ3n) is 9.71. The third kappa shape index (κ3) is 9.82. The van der Waals surface area contributed by atoms with E-state index in [9.17, 15) is 9.59 Å². The summed E-state index contributed by atoms with van der Waals surface area (Å²) in [6.45, 7) is 12.4. The van der Waals surface area contributed by atoms with Crippen LogP contribution in [0.5, 0.6) is 0 Å². The van der Waals surface area contributed by atoms with Crippen LogP contribution in [-0.2, 0) is 21.9 Å². The molecular weight excluding hydrogens is 674 g/mol. The first-order chi connectivity index (χ1) is 25.2. The highest BCUT2D eigenvalue weighted by Gasteiger charge is 2.44. The van der Waals surface area contributed by atoms with Crippen LogP contribution in [0.25, 0.3) is 0 Å². The Balaban J connectivity index is 1.47. The van der Waals surface area contributed by atoms with E-state index in [1.54, 1.807) is 13.8 Å². The lowest BCUT2D eigenvalue weighted by Gasteiger charge is -2.29. The molecule has 0 bridgehead atoms. The molecule has 0 unspecified atom stereocenters. The van der Waals surface area contributed by atoms with E-state index in [0.717, 1.165) is 37.5 Å². The molecule has 0 saturated heterocycles. The second kappa shape index (κ2) is 18.7. The summed E-state index contributed by atoms with van der Waals surface area (Å²) in [6.07, 6.45) is 5.60. The molecule has 0 heterocycles. The van der Waals surface area contributed by atoms with Crippen LogP contribution in [0.4, 0.5) is 0 Å². The highest BCUT2D eigenvalue weighted by atomic mass is 31.2. The third-order valence-corrected chi connectivity index (χ3v) is 18.8. The van der Waals surface area contributed by atoms with Crippen molar-refractivity contribution in [3.8, 4) is 0 Å². The van der Waals surface area contributed by atoms with E-state index in [1.165, 1.54) is 32.3 Å². The minimum absolute atomic E-state index is 0.0829. The Morgan fingerprint density at radius 1 is 0.462 bits per heavy atom. The van der Waals surface area contributed by atoms with Gasteiger partial charge in [-0.1, -0.05) is 110 Å². The molecule has 4 nitrogen and oxygen atoms in total. The summed E-state index contributed by atoms with van der Waals surface area (Å²) in [5.74, 6) is -0.166. The SMILES string of the molecule is C=C(C)C(=O)NCCC[P+](Cc1ccc(C[P+](CCCNC(=O)C(=C)C)(c2ccccc2)c2ccccc2)cc1)(c1ccccc1)c1ccccc1. The van der Waals surface area contributed by atoms with Crippen molar-refractivity contribution in [1.82, 2.24) is 10.6 Å². The highest BCUT2D eigenvalue weighted by molar-refractivity contribution is 7.89. The molecule has 0 aromatic heterocycles. The van der Waals surface area contributed by atoms with Crippen LogP contribution in [-0.4, -0.2) is 37.2 Å². The van der Waals surface area contributed by atoms with Crippen LogP contribution in [0, 0.1) is 0 Å². The van der Waals surface area contributed by atoms with Gasteiger partial charge >= 0.3 is 0 Å². The number of hydrogen-bond donors (Lipinski definition) is 2. The molecule has 0 radical (unpaired) electrons. The number of benzene rings is 5. The van der Waals surface area contributed by atoms with Crippen molar-refractivity contribution in [3.05, 3.63) is 181 Å². The quantitative estimate of drug-likeness (QED) is 0.0544. The van der Waals surface area contributed by atoms with Crippen LogP contribution in [0.15, 0.2) is 170 Å². The van der Waals surface area contributed by atoms with Crippen molar-refractivity contribution in [2.24, 2.45) is 0 Å². The van der Waals surface area contributed by atoms with Crippen molar-refractivity contribution in [1.29, 1.82) is 0 Å². The fraction of sp³-hybridized carbons (Fsp3) is 0.217. The smallest absolute Gasteiger partial charge is 0.246 e. The van der Waals surface area contributed by atoms with Crippen LogP contribution in [0.2, 0.25) is 0 Å². The molecule has 2 N–H and O–H groups in total. The molecule has 0 aliphatic rings. The number of amides is 2. The molecule has 52 heavy (non-hydrogen) atoms.